The van der Waals surface area contributed by atoms with Gasteiger partial charge in [-0.15, -0.1) is 0 Å². The Morgan fingerprint density at radius 3 is 1.51 bits per heavy atom. The molecule has 6 unspecified atom stereocenters. The van der Waals surface area contributed by atoms with Crippen LogP contribution in [0.5, 0.6) is 0 Å². The van der Waals surface area contributed by atoms with E-state index >= 15 is 0 Å². The molecule has 3 aromatic heterocycles. The van der Waals surface area contributed by atoms with Crippen LogP contribution in [-0.4, -0.2) is 195 Å². The van der Waals surface area contributed by atoms with Crippen molar-refractivity contribution in [3.63, 3.8) is 0 Å². The molecule has 9 atom stereocenters. The van der Waals surface area contributed by atoms with Crippen LogP contribution in [0.1, 0.15) is 103 Å². The van der Waals surface area contributed by atoms with Crippen molar-refractivity contribution in [3.8, 4) is 0 Å². The number of nitrogens with two attached hydrogens (primary N) is 1. The number of halogens is 6. The third kappa shape index (κ3) is 25.1. The number of fused-ring (bicyclic) bond motifs is 1. The van der Waals surface area contributed by atoms with Crippen LogP contribution in [0, 0.1) is 5.92 Å². The first kappa shape index (κ1) is 80.1. The Balaban J connectivity index is 0.728. The molecule has 0 radical (unpaired) electrons. The number of phosphoric acid groups is 6. The van der Waals surface area contributed by atoms with E-state index in [0.717, 1.165) is 6.33 Å². The van der Waals surface area contributed by atoms with Gasteiger partial charge in [-0.25, -0.2) is 32.4 Å². The highest BCUT2D eigenvalue weighted by Gasteiger charge is 2.51. The van der Waals surface area contributed by atoms with Gasteiger partial charge >= 0.3 is 71.1 Å². The normalized spacial score (nSPS) is 22.4. The lowest BCUT2D eigenvalue weighted by molar-refractivity contribution is -0.174. The Morgan fingerprint density at radius 2 is 1.03 bits per heavy atom. The maximum atomic E-state index is 13.2. The van der Waals surface area contributed by atoms with Gasteiger partial charge in [0.25, 0.3) is 5.56 Å². The zero-order valence-corrected chi connectivity index (χ0v) is 56.5. The fourth-order valence-corrected chi connectivity index (χ4v) is 18.1. The number of aromatic amines is 1. The van der Waals surface area contributed by atoms with E-state index in [1.54, 1.807) is 9.80 Å². The Bertz CT molecular complexity index is 3590. The molecule has 0 aliphatic carbocycles. The number of rotatable bonds is 34. The molecule has 554 valence electrons. The number of aromatic nitrogens is 7. The Hall–Kier alpha value is -5.20. The topological polar surface area (TPSA) is 572 Å². The minimum atomic E-state index is -6.55. The van der Waals surface area contributed by atoms with Crippen molar-refractivity contribution in [2.45, 2.75) is 139 Å². The second-order valence-corrected chi connectivity index (χ2v) is 31.8. The molecule has 4 fully saturated rings. The number of phosphoric ester groups is 2. The Labute approximate surface area is 550 Å². The first-order valence-corrected chi connectivity index (χ1v) is 38.7. The summed E-state index contributed by atoms with van der Waals surface area (Å²) in [6, 6.07) is -1.52. The summed E-state index contributed by atoms with van der Waals surface area (Å²) in [7, 11) is -37.3. The molecule has 4 aliphatic heterocycles. The number of carbonyl (C=O) groups excluding carboxylic acids is 4. The maximum absolute atomic E-state index is 13.2. The smallest absolute Gasteiger partial charge is 0.390 e. The van der Waals surface area contributed by atoms with E-state index in [1.165, 1.54) is 4.57 Å². The number of carbonyl (C=O) groups is 4. The lowest BCUT2D eigenvalue weighted by Gasteiger charge is -2.36. The number of imidazole rings is 1. The summed E-state index contributed by atoms with van der Waals surface area (Å²) in [6.07, 6.45) is -9.10. The van der Waals surface area contributed by atoms with Crippen LogP contribution in [0.15, 0.2) is 11.1 Å². The highest BCUT2D eigenvalue weighted by Crippen LogP contribution is 2.75. The summed E-state index contributed by atoms with van der Waals surface area (Å²) in [4.78, 5) is 149. The third-order valence-corrected chi connectivity index (χ3v) is 24.2. The van der Waals surface area contributed by atoms with E-state index in [1.807, 2.05) is 15.5 Å². The van der Waals surface area contributed by atoms with Crippen molar-refractivity contribution < 1.29 is 143 Å². The van der Waals surface area contributed by atoms with Gasteiger partial charge in [0, 0.05) is 83.2 Å². The van der Waals surface area contributed by atoms with E-state index in [-0.39, 0.29) is 130 Å². The van der Waals surface area contributed by atoms with Gasteiger partial charge in [-0.3, -0.25) is 42.6 Å². The van der Waals surface area contributed by atoms with Crippen molar-refractivity contribution in [1.82, 2.24) is 55.7 Å². The first-order valence-electron chi connectivity index (χ1n) is 29.7. The lowest BCUT2D eigenvalue weighted by Crippen LogP contribution is -2.49. The molecule has 3 aromatic rings. The third-order valence-electron chi connectivity index (χ3n) is 14.9. The number of amides is 4. The summed E-state index contributed by atoms with van der Waals surface area (Å²) in [6.45, 7) is 0.205. The van der Waals surface area contributed by atoms with E-state index in [0.29, 0.717) is 71.0 Å². The van der Waals surface area contributed by atoms with Gasteiger partial charge in [0.15, 0.2) is 11.2 Å². The number of anilines is 4. The molecule has 0 saturated carbocycles. The van der Waals surface area contributed by atoms with Crippen molar-refractivity contribution in [1.29, 1.82) is 0 Å². The summed E-state index contributed by atoms with van der Waals surface area (Å²) < 4.78 is 186. The number of alkyl halides is 6. The highest BCUT2D eigenvalue weighted by molar-refractivity contribution is 7.72. The van der Waals surface area contributed by atoms with Gasteiger partial charge in [0.1, 0.15) is 12.3 Å². The minimum absolute atomic E-state index is 0.00176. The molecule has 4 amide bonds. The van der Waals surface area contributed by atoms with E-state index < -0.39 is 120 Å². The van der Waals surface area contributed by atoms with Gasteiger partial charge in [0.05, 0.1) is 25.6 Å². The van der Waals surface area contributed by atoms with Gasteiger partial charge in [-0.1, -0.05) is 19.3 Å². The van der Waals surface area contributed by atoms with Crippen LogP contribution in [0.4, 0.5) is 50.1 Å². The second-order valence-electron chi connectivity index (χ2n) is 22.4. The average Bonchev–Trinajstić information content (AvgIpc) is 1.56. The first-order chi connectivity index (χ1) is 45.6. The monoisotopic (exact) mass is 1540 g/mol. The highest BCUT2D eigenvalue weighted by atomic mass is 31.3. The molecule has 0 bridgehead atoms. The van der Waals surface area contributed by atoms with Gasteiger partial charge in [-0.05, 0) is 64.2 Å². The number of aliphatic hydroxyl groups is 1. The Morgan fingerprint density at radius 1 is 0.602 bits per heavy atom. The van der Waals surface area contributed by atoms with Crippen LogP contribution < -0.4 is 47.3 Å². The van der Waals surface area contributed by atoms with E-state index in [4.69, 9.17) is 10.5 Å². The average molecular weight is 1540 g/mol. The number of hydrogen-bond donors (Lipinski definition) is 13. The van der Waals surface area contributed by atoms with Crippen molar-refractivity contribution in [2.75, 3.05) is 86.0 Å². The number of H-pyrrole nitrogens is 1. The molecule has 0 spiro atoms. The number of aliphatic hydroxyl groups excluding tert-OH is 1. The van der Waals surface area contributed by atoms with Crippen LogP contribution in [-0.2, 0) is 81.9 Å². The SMILES string of the molecule is Nc1nc2c(ncn2[C@H]2C[C@@H](O)[C@@H](COP(=O)(O)OP(=O)(O)OP(=O)(O)OP(=O)(O)OP(=O)(O)OP(=O)(O)OCCCCCCNC(=O)CCCCCNC(=O)C3CCN(c4nc(N5CCC(NC(=O)C(F)(F)F)CC5)nc(N5CCC(NC(=O)C(F)(F)F)CC5)n4)CC3)O2)c(=O)[nH]1. The molecule has 98 heavy (non-hydrogen) atoms. The molecule has 0 aromatic carbocycles. The zero-order chi connectivity index (χ0) is 72.2. The summed E-state index contributed by atoms with van der Waals surface area (Å²) >= 11 is 0. The van der Waals surface area contributed by atoms with Gasteiger partial charge in [-0.2, -0.15) is 67.8 Å². The molecule has 7 rings (SSSR count). The van der Waals surface area contributed by atoms with Crippen LogP contribution in [0.3, 0.4) is 0 Å². The molecular weight excluding hydrogens is 1470 g/mol. The zero-order valence-electron chi connectivity index (χ0n) is 51.2. The number of hydrogen-bond acceptors (Lipinski definition) is 29. The molecule has 4 saturated heterocycles. The Kier molecular flexibility index (Phi) is 27.6. The van der Waals surface area contributed by atoms with Crippen LogP contribution in [0.25, 0.3) is 11.2 Å². The van der Waals surface area contributed by atoms with Crippen molar-refractivity contribution >= 4 is 106 Å². The molecular formula is C45H71F6N15O26P6. The van der Waals surface area contributed by atoms with Gasteiger partial charge in [0.2, 0.25) is 35.6 Å². The van der Waals surface area contributed by atoms with Crippen molar-refractivity contribution in [2.24, 2.45) is 5.92 Å². The number of piperidine rings is 3. The van der Waals surface area contributed by atoms with Crippen molar-refractivity contribution in [3.05, 3.63) is 16.7 Å². The van der Waals surface area contributed by atoms with Gasteiger partial charge < -0.3 is 80.9 Å². The summed E-state index contributed by atoms with van der Waals surface area (Å²) in [5, 5.41) is 20.1. The predicted octanol–water partition coefficient (Wildman–Crippen LogP) is 2.82. The minimum Gasteiger partial charge on any atom is -0.390 e. The van der Waals surface area contributed by atoms with Crippen LogP contribution in [0.2, 0.25) is 0 Å². The molecule has 4 aliphatic rings. The largest absolute Gasteiger partial charge is 0.490 e. The van der Waals surface area contributed by atoms with E-state index in [2.05, 4.69) is 71.1 Å². The maximum Gasteiger partial charge on any atom is 0.490 e. The number of nitrogen functional groups attached to an aromatic ring is 1. The standard InChI is InChI=1S/C45H71F6N15O26P6/c46-44(47,48)38(71)56-28-11-19-64(20-12-28)42-60-41(61-43(62-42)65-21-13-29(14-22-65)57-39(72)45(49,50)51)63-17-9-27(10-18-63)36(69)54-16-6-3-4-8-32(68)53-15-5-1-2-7-23-85-93(73,74)88-95(77,78)90-97(81,82)92-98(83,84)91-96(79,80)89-94(75,76)86-25-31-30(67)24-33(87-31)66-26-55-34-35(66)58-40(52)59-37(34)70/h26-31,33,67H,1-25H2,(H,53,68)(H,54,69)(H,56,71)(H,57,72)(H,73,74)(H,75,76)(H,77,78)(H,79,80)(H,81,82)(H,83,84)(H3,52,58,59,70)/t30-,31-,33-/m1/s1. The second kappa shape index (κ2) is 33.7. The molecule has 53 heteroatoms. The molecule has 14 N–H and O–H groups in total. The summed E-state index contributed by atoms with van der Waals surface area (Å²) in [5.41, 5.74) is 4.59. The van der Waals surface area contributed by atoms with E-state index in [9.17, 15) is 112 Å². The number of nitrogens with zero attached hydrogens (tertiary/aromatic N) is 9. The predicted molar refractivity (Wildman–Crippen MR) is 320 cm³/mol. The lowest BCUT2D eigenvalue weighted by atomic mass is 9.96. The fraction of sp³-hybridized carbons (Fsp3) is 0.733. The number of ether oxygens (including phenoxy) is 1. The summed E-state index contributed by atoms with van der Waals surface area (Å²) in [5.74, 6) is -4.61. The quantitative estimate of drug-likeness (QED) is 0.0232. The molecule has 7 heterocycles. The number of nitrogens with one attached hydrogen (secondary N) is 5. The van der Waals surface area contributed by atoms with Crippen LogP contribution >= 0.6 is 46.9 Å². The number of unbranched alkanes of at least 4 members (excludes halogenated alkanes) is 5. The fourth-order valence-electron chi connectivity index (χ4n) is 10.2. The molecule has 41 nitrogen and oxygen atoms in total.